The van der Waals surface area contributed by atoms with Crippen molar-refractivity contribution in [3.63, 3.8) is 0 Å². The number of primary amides is 1. The highest BCUT2D eigenvalue weighted by Crippen LogP contribution is 2.18. The first kappa shape index (κ1) is 9.67. The number of hydrogen-bond donors (Lipinski definition) is 2. The van der Waals surface area contributed by atoms with Crippen LogP contribution in [0.3, 0.4) is 0 Å². The molecule has 0 aliphatic heterocycles. The fourth-order valence-corrected chi connectivity index (χ4v) is 1.65. The Bertz CT molecular complexity index is 503. The van der Waals surface area contributed by atoms with Crippen LogP contribution in [-0.4, -0.2) is 15.5 Å². The molecule has 0 aliphatic carbocycles. The summed E-state index contributed by atoms with van der Waals surface area (Å²) < 4.78 is 1.72. The first-order valence-corrected chi connectivity index (χ1v) is 4.63. The molecule has 5 nitrogen and oxygen atoms in total. The summed E-state index contributed by atoms with van der Waals surface area (Å²) in [6.45, 7) is 0.557. The molecule has 0 aromatic carbocycles. The molecule has 0 saturated heterocycles. The lowest BCUT2D eigenvalue weighted by atomic mass is 10.2. The SMILES string of the molecule is NCc1cn(CC(N)=O)c2ncccc12. The second kappa shape index (κ2) is 3.70. The third kappa shape index (κ3) is 1.69. The minimum Gasteiger partial charge on any atom is -0.368 e. The number of hydrogen-bond acceptors (Lipinski definition) is 3. The van der Waals surface area contributed by atoms with Crippen molar-refractivity contribution < 1.29 is 4.79 Å². The van der Waals surface area contributed by atoms with Crippen LogP contribution < -0.4 is 11.5 Å². The summed E-state index contributed by atoms with van der Waals surface area (Å²) in [7, 11) is 0. The van der Waals surface area contributed by atoms with Crippen LogP contribution in [-0.2, 0) is 17.9 Å². The summed E-state index contributed by atoms with van der Waals surface area (Å²) in [4.78, 5) is 15.1. The van der Waals surface area contributed by atoms with Crippen LogP contribution in [0.15, 0.2) is 24.5 Å². The molecule has 0 fully saturated rings. The van der Waals surface area contributed by atoms with Gasteiger partial charge in [0.25, 0.3) is 0 Å². The molecule has 15 heavy (non-hydrogen) atoms. The van der Waals surface area contributed by atoms with Crippen molar-refractivity contribution in [2.24, 2.45) is 11.5 Å². The molecule has 0 aliphatic rings. The first-order chi connectivity index (χ1) is 7.22. The standard InChI is InChI=1S/C10H12N4O/c11-4-7-5-14(6-9(12)15)10-8(7)2-1-3-13-10/h1-3,5H,4,6,11H2,(H2,12,15). The number of rotatable bonds is 3. The van der Waals surface area contributed by atoms with Gasteiger partial charge in [0.1, 0.15) is 12.2 Å². The van der Waals surface area contributed by atoms with Gasteiger partial charge >= 0.3 is 0 Å². The van der Waals surface area contributed by atoms with Crippen molar-refractivity contribution in [1.29, 1.82) is 0 Å². The van der Waals surface area contributed by atoms with Gasteiger partial charge in [-0.15, -0.1) is 0 Å². The van der Waals surface area contributed by atoms with Crippen LogP contribution >= 0.6 is 0 Å². The fraction of sp³-hybridized carbons (Fsp3) is 0.200. The largest absolute Gasteiger partial charge is 0.368 e. The number of nitrogens with two attached hydrogens (primary N) is 2. The predicted octanol–water partition coefficient (Wildman–Crippen LogP) is -0.0197. The maximum Gasteiger partial charge on any atom is 0.237 e. The zero-order valence-electron chi connectivity index (χ0n) is 8.18. The second-order valence-corrected chi connectivity index (χ2v) is 3.33. The lowest BCUT2D eigenvalue weighted by molar-refractivity contribution is -0.118. The summed E-state index contributed by atoms with van der Waals surface area (Å²) in [5.74, 6) is -0.388. The van der Waals surface area contributed by atoms with Gasteiger partial charge in [-0.05, 0) is 17.7 Å². The van der Waals surface area contributed by atoms with E-state index in [1.54, 1.807) is 10.8 Å². The van der Waals surface area contributed by atoms with Gasteiger partial charge in [0.2, 0.25) is 5.91 Å². The number of nitrogens with zero attached hydrogens (tertiary/aromatic N) is 2. The Morgan fingerprint density at radius 1 is 1.53 bits per heavy atom. The van der Waals surface area contributed by atoms with Crippen LogP contribution in [0, 0.1) is 0 Å². The average molecular weight is 204 g/mol. The molecule has 2 aromatic rings. The van der Waals surface area contributed by atoms with Crippen molar-refractivity contribution in [2.45, 2.75) is 13.1 Å². The highest BCUT2D eigenvalue weighted by Gasteiger charge is 2.08. The van der Waals surface area contributed by atoms with Crippen LogP contribution in [0.5, 0.6) is 0 Å². The monoisotopic (exact) mass is 204 g/mol. The average Bonchev–Trinajstić information content (AvgIpc) is 2.56. The third-order valence-corrected chi connectivity index (χ3v) is 2.26. The lowest BCUT2D eigenvalue weighted by Crippen LogP contribution is -2.18. The first-order valence-electron chi connectivity index (χ1n) is 4.63. The van der Waals surface area contributed by atoms with Gasteiger partial charge in [-0.3, -0.25) is 4.79 Å². The van der Waals surface area contributed by atoms with Crippen LogP contribution in [0.4, 0.5) is 0 Å². The topological polar surface area (TPSA) is 86.9 Å². The minimum absolute atomic E-state index is 0.132. The Morgan fingerprint density at radius 3 is 3.00 bits per heavy atom. The van der Waals surface area contributed by atoms with Gasteiger partial charge in [-0.25, -0.2) is 4.98 Å². The normalized spacial score (nSPS) is 10.7. The molecule has 0 atom stereocenters. The van der Waals surface area contributed by atoms with E-state index in [4.69, 9.17) is 11.5 Å². The van der Waals surface area contributed by atoms with E-state index in [9.17, 15) is 4.79 Å². The molecule has 0 radical (unpaired) electrons. The summed E-state index contributed by atoms with van der Waals surface area (Å²) in [6, 6.07) is 3.78. The van der Waals surface area contributed by atoms with E-state index in [2.05, 4.69) is 4.98 Å². The van der Waals surface area contributed by atoms with Gasteiger partial charge in [0.15, 0.2) is 0 Å². The van der Waals surface area contributed by atoms with E-state index in [0.717, 1.165) is 16.6 Å². The lowest BCUT2D eigenvalue weighted by Gasteiger charge is -1.99. The van der Waals surface area contributed by atoms with Gasteiger partial charge < -0.3 is 16.0 Å². The minimum atomic E-state index is -0.388. The Kier molecular flexibility index (Phi) is 2.39. The quantitative estimate of drug-likeness (QED) is 0.736. The molecule has 0 bridgehead atoms. The van der Waals surface area contributed by atoms with E-state index >= 15 is 0 Å². The summed E-state index contributed by atoms with van der Waals surface area (Å²) in [5, 5.41) is 0.973. The molecule has 78 valence electrons. The zero-order chi connectivity index (χ0) is 10.8. The summed E-state index contributed by atoms with van der Waals surface area (Å²) in [6.07, 6.45) is 3.50. The smallest absolute Gasteiger partial charge is 0.237 e. The Labute approximate surface area is 86.7 Å². The van der Waals surface area contributed by atoms with E-state index in [0.29, 0.717) is 6.54 Å². The highest BCUT2D eigenvalue weighted by atomic mass is 16.1. The molecule has 2 aromatic heterocycles. The van der Waals surface area contributed by atoms with E-state index in [1.807, 2.05) is 18.3 Å². The third-order valence-electron chi connectivity index (χ3n) is 2.26. The fourth-order valence-electron chi connectivity index (χ4n) is 1.65. The predicted molar refractivity (Wildman–Crippen MR) is 56.8 cm³/mol. The zero-order valence-corrected chi connectivity index (χ0v) is 8.18. The Morgan fingerprint density at radius 2 is 2.33 bits per heavy atom. The maximum absolute atomic E-state index is 10.9. The van der Waals surface area contributed by atoms with Crippen LogP contribution in [0.25, 0.3) is 11.0 Å². The van der Waals surface area contributed by atoms with E-state index < -0.39 is 0 Å². The van der Waals surface area contributed by atoms with Crippen molar-refractivity contribution >= 4 is 16.9 Å². The molecule has 1 amide bonds. The molecule has 0 unspecified atom stereocenters. The van der Waals surface area contributed by atoms with Crippen LogP contribution in [0.1, 0.15) is 5.56 Å². The second-order valence-electron chi connectivity index (χ2n) is 3.33. The van der Waals surface area contributed by atoms with Gasteiger partial charge in [0, 0.05) is 24.3 Å². The van der Waals surface area contributed by atoms with Crippen molar-refractivity contribution in [2.75, 3.05) is 0 Å². The molecule has 5 heteroatoms. The molecule has 2 heterocycles. The van der Waals surface area contributed by atoms with Crippen molar-refractivity contribution in [1.82, 2.24) is 9.55 Å². The van der Waals surface area contributed by atoms with E-state index in [1.165, 1.54) is 0 Å². The van der Waals surface area contributed by atoms with Crippen molar-refractivity contribution in [3.05, 3.63) is 30.1 Å². The van der Waals surface area contributed by atoms with Gasteiger partial charge in [-0.1, -0.05) is 0 Å². The number of amides is 1. The molecule has 0 saturated carbocycles. The van der Waals surface area contributed by atoms with Gasteiger partial charge in [-0.2, -0.15) is 0 Å². The Balaban J connectivity index is 2.59. The number of fused-ring (bicyclic) bond motifs is 1. The number of carbonyl (C=O) groups is 1. The summed E-state index contributed by atoms with van der Waals surface area (Å²) >= 11 is 0. The molecule has 2 rings (SSSR count). The van der Waals surface area contributed by atoms with E-state index in [-0.39, 0.29) is 12.5 Å². The number of carbonyl (C=O) groups excluding carboxylic acids is 1. The van der Waals surface area contributed by atoms with Crippen LogP contribution in [0.2, 0.25) is 0 Å². The van der Waals surface area contributed by atoms with Crippen molar-refractivity contribution in [3.8, 4) is 0 Å². The number of pyridine rings is 1. The maximum atomic E-state index is 10.9. The molecular formula is C10H12N4O. The number of aromatic nitrogens is 2. The molecule has 0 spiro atoms. The van der Waals surface area contributed by atoms with Gasteiger partial charge in [0.05, 0.1) is 0 Å². The molecule has 4 N–H and O–H groups in total. The Hall–Kier alpha value is -1.88. The highest BCUT2D eigenvalue weighted by molar-refractivity contribution is 5.82. The summed E-state index contributed by atoms with van der Waals surface area (Å²) in [5.41, 5.74) is 12.5. The molecular weight excluding hydrogens is 192 g/mol.